The van der Waals surface area contributed by atoms with Gasteiger partial charge in [-0.05, 0) is 45.1 Å². The number of hydrogen-bond acceptors (Lipinski definition) is 2. The van der Waals surface area contributed by atoms with Crippen molar-refractivity contribution in [2.45, 2.75) is 46.7 Å². The first-order valence-corrected chi connectivity index (χ1v) is 9.18. The maximum atomic E-state index is 12.5. The topological polar surface area (TPSA) is 50.2 Å². The standard InChI is InChI=1S/C20H28N4O/c1-4-24-16(3)19(15(2)22-24)13-21-20(25)23-11-10-18(14-23)12-17-8-6-5-7-9-17/h5-9,18H,4,10-14H2,1-3H3,(H,21,25)/t18-/m1/s1. The third-order valence-corrected chi connectivity index (χ3v) is 5.19. The van der Waals surface area contributed by atoms with Crippen molar-refractivity contribution in [2.24, 2.45) is 5.92 Å². The number of carbonyl (C=O) groups excluding carboxylic acids is 1. The average Bonchev–Trinajstić information content (AvgIpc) is 3.18. The molecule has 1 aromatic carbocycles. The molecule has 0 unspecified atom stereocenters. The van der Waals surface area contributed by atoms with E-state index in [9.17, 15) is 4.79 Å². The van der Waals surface area contributed by atoms with E-state index in [1.54, 1.807) is 0 Å². The molecule has 0 spiro atoms. The number of benzene rings is 1. The molecule has 2 aromatic rings. The fourth-order valence-corrected chi connectivity index (χ4v) is 3.70. The zero-order valence-corrected chi connectivity index (χ0v) is 15.5. The van der Waals surface area contributed by atoms with Crippen molar-refractivity contribution in [3.8, 4) is 0 Å². The van der Waals surface area contributed by atoms with Crippen LogP contribution in [0.1, 0.15) is 35.9 Å². The monoisotopic (exact) mass is 340 g/mol. The van der Waals surface area contributed by atoms with Crippen LogP contribution < -0.4 is 5.32 Å². The molecule has 25 heavy (non-hydrogen) atoms. The summed E-state index contributed by atoms with van der Waals surface area (Å²) in [5, 5.41) is 7.59. The lowest BCUT2D eigenvalue weighted by Gasteiger charge is -2.17. The molecule has 0 saturated carbocycles. The van der Waals surface area contributed by atoms with E-state index >= 15 is 0 Å². The second kappa shape index (κ2) is 7.72. The number of nitrogens with one attached hydrogen (secondary N) is 1. The molecule has 1 atom stereocenters. The third kappa shape index (κ3) is 4.03. The van der Waals surface area contributed by atoms with Crippen molar-refractivity contribution in [3.05, 3.63) is 52.8 Å². The second-order valence-electron chi connectivity index (χ2n) is 6.91. The van der Waals surface area contributed by atoms with Gasteiger partial charge in [0.25, 0.3) is 0 Å². The fraction of sp³-hybridized carbons (Fsp3) is 0.500. The van der Waals surface area contributed by atoms with Crippen molar-refractivity contribution in [1.82, 2.24) is 20.0 Å². The zero-order valence-electron chi connectivity index (χ0n) is 15.5. The summed E-state index contributed by atoms with van der Waals surface area (Å²) in [5.74, 6) is 0.555. The Hall–Kier alpha value is -2.30. The van der Waals surface area contributed by atoms with Crippen molar-refractivity contribution in [3.63, 3.8) is 0 Å². The zero-order chi connectivity index (χ0) is 17.8. The summed E-state index contributed by atoms with van der Waals surface area (Å²) in [6, 6.07) is 10.6. The van der Waals surface area contributed by atoms with Crippen LogP contribution in [0.15, 0.2) is 30.3 Å². The Morgan fingerprint density at radius 2 is 2.04 bits per heavy atom. The number of carbonyl (C=O) groups is 1. The van der Waals surface area contributed by atoms with Gasteiger partial charge in [-0.15, -0.1) is 0 Å². The van der Waals surface area contributed by atoms with Gasteiger partial charge in [0, 0.05) is 37.4 Å². The van der Waals surface area contributed by atoms with Crippen LogP contribution in [0.3, 0.4) is 0 Å². The average molecular weight is 340 g/mol. The Balaban J connectivity index is 1.52. The molecular formula is C20H28N4O. The van der Waals surface area contributed by atoms with E-state index < -0.39 is 0 Å². The van der Waals surface area contributed by atoms with Gasteiger partial charge < -0.3 is 10.2 Å². The molecule has 5 nitrogen and oxygen atoms in total. The molecule has 2 amide bonds. The van der Waals surface area contributed by atoms with Crippen molar-refractivity contribution in [1.29, 1.82) is 0 Å². The maximum Gasteiger partial charge on any atom is 0.317 e. The second-order valence-corrected chi connectivity index (χ2v) is 6.91. The molecule has 1 N–H and O–H groups in total. The molecule has 134 valence electrons. The Morgan fingerprint density at radius 1 is 1.28 bits per heavy atom. The first-order valence-electron chi connectivity index (χ1n) is 9.18. The molecule has 0 radical (unpaired) electrons. The quantitative estimate of drug-likeness (QED) is 0.908. The summed E-state index contributed by atoms with van der Waals surface area (Å²) in [5.41, 5.74) is 4.63. The van der Waals surface area contributed by atoms with Crippen molar-refractivity contribution >= 4 is 6.03 Å². The maximum absolute atomic E-state index is 12.5. The Labute approximate surface area is 150 Å². The highest BCUT2D eigenvalue weighted by atomic mass is 16.2. The lowest BCUT2D eigenvalue weighted by Crippen LogP contribution is -2.38. The highest BCUT2D eigenvalue weighted by Gasteiger charge is 2.26. The number of urea groups is 1. The SMILES string of the molecule is CCn1nc(C)c(CNC(=O)N2CC[C@H](Cc3ccccc3)C2)c1C. The fourth-order valence-electron chi connectivity index (χ4n) is 3.70. The van der Waals surface area contributed by atoms with E-state index in [2.05, 4.69) is 48.5 Å². The number of aryl methyl sites for hydroxylation is 2. The molecule has 1 fully saturated rings. The molecule has 1 aliphatic heterocycles. The molecule has 0 bridgehead atoms. The summed E-state index contributed by atoms with van der Waals surface area (Å²) in [6.45, 7) is 9.24. The predicted molar refractivity (Wildman–Crippen MR) is 99.4 cm³/mol. The van der Waals surface area contributed by atoms with Crippen LogP contribution in [0, 0.1) is 19.8 Å². The van der Waals surface area contributed by atoms with Crippen LogP contribution in [0.5, 0.6) is 0 Å². The van der Waals surface area contributed by atoms with E-state index in [1.165, 1.54) is 5.56 Å². The molecule has 3 rings (SSSR count). The first kappa shape index (κ1) is 17.5. The normalized spacial score (nSPS) is 17.1. The molecule has 1 aromatic heterocycles. The number of rotatable bonds is 5. The minimum Gasteiger partial charge on any atom is -0.334 e. The summed E-state index contributed by atoms with van der Waals surface area (Å²) in [4.78, 5) is 14.5. The molecule has 5 heteroatoms. The minimum atomic E-state index is 0.0404. The van der Waals surface area contributed by atoms with Crippen LogP contribution in [0.25, 0.3) is 0 Å². The van der Waals surface area contributed by atoms with E-state index in [0.717, 1.165) is 49.4 Å². The van der Waals surface area contributed by atoms with Crippen LogP contribution in [-0.2, 0) is 19.5 Å². The lowest BCUT2D eigenvalue weighted by atomic mass is 9.99. The van der Waals surface area contributed by atoms with Gasteiger partial charge in [0.1, 0.15) is 0 Å². The van der Waals surface area contributed by atoms with Gasteiger partial charge in [-0.25, -0.2) is 4.79 Å². The van der Waals surface area contributed by atoms with Gasteiger partial charge in [-0.2, -0.15) is 5.10 Å². The van der Waals surface area contributed by atoms with Gasteiger partial charge in [-0.3, -0.25) is 4.68 Å². The Bertz CT molecular complexity index is 723. The molecule has 2 heterocycles. The molecular weight excluding hydrogens is 312 g/mol. The van der Waals surface area contributed by atoms with Crippen molar-refractivity contribution < 1.29 is 4.79 Å². The number of aromatic nitrogens is 2. The minimum absolute atomic E-state index is 0.0404. The Morgan fingerprint density at radius 3 is 2.72 bits per heavy atom. The number of amides is 2. The van der Waals surface area contributed by atoms with Crippen LogP contribution >= 0.6 is 0 Å². The van der Waals surface area contributed by atoms with E-state index in [-0.39, 0.29) is 6.03 Å². The van der Waals surface area contributed by atoms with Gasteiger partial charge in [-0.1, -0.05) is 30.3 Å². The lowest BCUT2D eigenvalue weighted by molar-refractivity contribution is 0.206. The number of likely N-dealkylation sites (tertiary alicyclic amines) is 1. The van der Waals surface area contributed by atoms with Gasteiger partial charge >= 0.3 is 6.03 Å². The van der Waals surface area contributed by atoms with E-state index in [0.29, 0.717) is 12.5 Å². The van der Waals surface area contributed by atoms with E-state index in [4.69, 9.17) is 0 Å². The summed E-state index contributed by atoms with van der Waals surface area (Å²) in [7, 11) is 0. The smallest absolute Gasteiger partial charge is 0.317 e. The van der Waals surface area contributed by atoms with E-state index in [1.807, 2.05) is 22.6 Å². The van der Waals surface area contributed by atoms with Crippen LogP contribution in [0.2, 0.25) is 0 Å². The molecule has 1 aliphatic rings. The number of nitrogens with zero attached hydrogens (tertiary/aromatic N) is 3. The highest BCUT2D eigenvalue weighted by molar-refractivity contribution is 5.74. The van der Waals surface area contributed by atoms with Gasteiger partial charge in [0.2, 0.25) is 0 Å². The molecule has 0 aliphatic carbocycles. The third-order valence-electron chi connectivity index (χ3n) is 5.19. The highest BCUT2D eigenvalue weighted by Crippen LogP contribution is 2.21. The largest absolute Gasteiger partial charge is 0.334 e. The Kier molecular flexibility index (Phi) is 5.41. The summed E-state index contributed by atoms with van der Waals surface area (Å²) >= 11 is 0. The van der Waals surface area contributed by atoms with Gasteiger partial charge in [0.05, 0.1) is 5.69 Å². The summed E-state index contributed by atoms with van der Waals surface area (Å²) in [6.07, 6.45) is 2.13. The first-order chi connectivity index (χ1) is 12.1. The van der Waals surface area contributed by atoms with Crippen LogP contribution in [-0.4, -0.2) is 33.8 Å². The van der Waals surface area contributed by atoms with Crippen molar-refractivity contribution in [2.75, 3.05) is 13.1 Å². The number of hydrogen-bond donors (Lipinski definition) is 1. The predicted octanol–water partition coefficient (Wildman–Crippen LogP) is 3.29. The van der Waals surface area contributed by atoms with Crippen LogP contribution in [0.4, 0.5) is 4.79 Å². The molecule has 1 saturated heterocycles. The summed E-state index contributed by atoms with van der Waals surface area (Å²) < 4.78 is 1.99. The van der Waals surface area contributed by atoms with Gasteiger partial charge in [0.15, 0.2) is 0 Å².